The number of ketones is 1. The summed E-state index contributed by atoms with van der Waals surface area (Å²) in [6, 6.07) is 16.9. The maximum Gasteiger partial charge on any atom is 0.336 e. The van der Waals surface area contributed by atoms with Crippen LogP contribution in [0.25, 0.3) is 0 Å². The molecule has 6 nitrogen and oxygen atoms in total. The number of allylic oxidation sites excluding steroid dienone is 3. The Hall–Kier alpha value is -3.54. The number of hydrogen-bond acceptors (Lipinski definition) is 6. The predicted octanol–water partition coefficient (Wildman–Crippen LogP) is 4.92. The zero-order chi connectivity index (χ0) is 24.3. The Morgan fingerprint density at radius 3 is 2.47 bits per heavy atom. The Bertz CT molecular complexity index is 1150. The summed E-state index contributed by atoms with van der Waals surface area (Å²) >= 11 is 0. The minimum Gasteiger partial charge on any atom is -0.496 e. The maximum absolute atomic E-state index is 13.4. The molecule has 0 radical (unpaired) electrons. The molecule has 2 aromatic rings. The Balaban J connectivity index is 1.63. The van der Waals surface area contributed by atoms with Crippen molar-refractivity contribution in [3.8, 4) is 11.5 Å². The summed E-state index contributed by atoms with van der Waals surface area (Å²) < 4.78 is 16.9. The molecule has 6 heteroatoms. The van der Waals surface area contributed by atoms with Crippen LogP contribution in [0, 0.1) is 5.41 Å². The molecule has 1 N–H and O–H groups in total. The largest absolute Gasteiger partial charge is 0.496 e. The highest BCUT2D eigenvalue weighted by atomic mass is 16.6. The quantitative estimate of drug-likeness (QED) is 0.466. The normalized spacial score (nSPS) is 19.3. The summed E-state index contributed by atoms with van der Waals surface area (Å²) in [6.07, 6.45) is 1.15. The van der Waals surface area contributed by atoms with Crippen molar-refractivity contribution in [1.29, 1.82) is 0 Å². The van der Waals surface area contributed by atoms with Crippen LogP contribution in [0.1, 0.15) is 45.1 Å². The monoisotopic (exact) mass is 461 g/mol. The number of Topliss-reactive ketones (excluding diaryl/α,β-unsaturated/α-hetero) is 1. The second kappa shape index (κ2) is 9.75. The van der Waals surface area contributed by atoms with Gasteiger partial charge in [-0.25, -0.2) is 4.79 Å². The molecule has 1 unspecified atom stereocenters. The van der Waals surface area contributed by atoms with Crippen molar-refractivity contribution in [1.82, 2.24) is 5.32 Å². The molecule has 0 saturated carbocycles. The van der Waals surface area contributed by atoms with Gasteiger partial charge >= 0.3 is 5.97 Å². The van der Waals surface area contributed by atoms with Gasteiger partial charge in [-0.05, 0) is 37.0 Å². The summed E-state index contributed by atoms with van der Waals surface area (Å²) in [5.41, 5.74) is 3.24. The summed E-state index contributed by atoms with van der Waals surface area (Å²) in [7, 11) is 1.59. The van der Waals surface area contributed by atoms with Crippen molar-refractivity contribution in [3.63, 3.8) is 0 Å². The molecule has 4 rings (SSSR count). The summed E-state index contributed by atoms with van der Waals surface area (Å²) in [4.78, 5) is 26.7. The van der Waals surface area contributed by atoms with E-state index in [0.29, 0.717) is 34.8 Å². The lowest BCUT2D eigenvalue weighted by Gasteiger charge is -2.39. The minimum atomic E-state index is -0.557. The number of ether oxygens (including phenoxy) is 3. The smallest absolute Gasteiger partial charge is 0.336 e. The van der Waals surface area contributed by atoms with Gasteiger partial charge in [-0.3, -0.25) is 4.79 Å². The van der Waals surface area contributed by atoms with Gasteiger partial charge < -0.3 is 19.5 Å². The molecule has 178 valence electrons. The number of rotatable bonds is 7. The van der Waals surface area contributed by atoms with Crippen LogP contribution in [0.5, 0.6) is 11.5 Å². The van der Waals surface area contributed by atoms with E-state index >= 15 is 0 Å². The highest BCUT2D eigenvalue weighted by Crippen LogP contribution is 2.48. The second-order valence-electron chi connectivity index (χ2n) is 9.47. The zero-order valence-corrected chi connectivity index (χ0v) is 20.1. The molecular formula is C28H31NO5. The molecule has 1 atom stereocenters. The summed E-state index contributed by atoms with van der Waals surface area (Å²) in [6.45, 7) is 6.36. The average Bonchev–Trinajstić information content (AvgIpc) is 2.80. The van der Waals surface area contributed by atoms with Crippen molar-refractivity contribution in [2.45, 2.75) is 39.5 Å². The molecule has 1 heterocycles. The van der Waals surface area contributed by atoms with Crippen LogP contribution in [0.4, 0.5) is 0 Å². The molecule has 34 heavy (non-hydrogen) atoms. The number of methoxy groups -OCH3 is 1. The van der Waals surface area contributed by atoms with Gasteiger partial charge in [0.1, 0.15) is 24.7 Å². The Kier molecular flexibility index (Phi) is 6.77. The third-order valence-corrected chi connectivity index (χ3v) is 6.24. The van der Waals surface area contributed by atoms with E-state index < -0.39 is 11.9 Å². The molecule has 0 fully saturated rings. The topological polar surface area (TPSA) is 73.9 Å². The number of carbonyl (C=O) groups excluding carboxylic acids is 2. The van der Waals surface area contributed by atoms with Crippen LogP contribution in [-0.4, -0.2) is 32.1 Å². The Labute approximate surface area is 200 Å². The van der Waals surface area contributed by atoms with Crippen LogP contribution in [0.15, 0.2) is 77.1 Å². The summed E-state index contributed by atoms with van der Waals surface area (Å²) in [5.74, 6) is 0.356. The first-order chi connectivity index (χ1) is 16.3. The number of nitrogens with one attached hydrogen (secondary N) is 1. The third-order valence-electron chi connectivity index (χ3n) is 6.24. The van der Waals surface area contributed by atoms with Crippen LogP contribution < -0.4 is 14.8 Å². The van der Waals surface area contributed by atoms with E-state index in [1.54, 1.807) is 7.11 Å². The first-order valence-electron chi connectivity index (χ1n) is 11.5. The van der Waals surface area contributed by atoms with Gasteiger partial charge in [-0.2, -0.15) is 0 Å². The van der Waals surface area contributed by atoms with Gasteiger partial charge in [0.25, 0.3) is 0 Å². The molecule has 0 amide bonds. The average molecular weight is 462 g/mol. The lowest BCUT2D eigenvalue weighted by atomic mass is 9.68. The predicted molar refractivity (Wildman–Crippen MR) is 130 cm³/mol. The van der Waals surface area contributed by atoms with Crippen LogP contribution in [-0.2, 0) is 14.3 Å². The van der Waals surface area contributed by atoms with Crippen LogP contribution in [0.2, 0.25) is 0 Å². The standard InChI is InChI=1S/C28H31NO5/c1-18-24(27(31)34-15-14-33-19-10-6-5-7-11-19)25(20-12-8-9-13-23(20)32-4)26-21(29-18)16-28(2,3)17-22(26)30/h5-13,25,29H,14-17H2,1-4H3. The molecule has 2 aliphatic rings. The van der Waals surface area contributed by atoms with Crippen molar-refractivity contribution < 1.29 is 23.8 Å². The van der Waals surface area contributed by atoms with Crippen molar-refractivity contribution in [2.24, 2.45) is 5.41 Å². The molecule has 2 aromatic carbocycles. The number of carbonyl (C=O) groups is 2. The number of para-hydroxylation sites is 2. The lowest BCUT2D eigenvalue weighted by Crippen LogP contribution is -2.39. The third kappa shape index (κ3) is 4.86. The van der Waals surface area contributed by atoms with Gasteiger partial charge in [0.15, 0.2) is 5.78 Å². The molecule has 1 aliphatic carbocycles. The van der Waals surface area contributed by atoms with Crippen molar-refractivity contribution >= 4 is 11.8 Å². The lowest BCUT2D eigenvalue weighted by molar-refractivity contribution is -0.140. The molecule has 0 saturated heterocycles. The summed E-state index contributed by atoms with van der Waals surface area (Å²) in [5, 5.41) is 3.35. The molecular weight excluding hydrogens is 430 g/mol. The fraction of sp³-hybridized carbons (Fsp3) is 0.357. The number of dihydropyridines is 1. The fourth-order valence-corrected chi connectivity index (χ4v) is 4.81. The highest BCUT2D eigenvalue weighted by Gasteiger charge is 2.43. The van der Waals surface area contributed by atoms with E-state index in [0.717, 1.165) is 17.7 Å². The van der Waals surface area contributed by atoms with Crippen molar-refractivity contribution in [3.05, 3.63) is 82.7 Å². The molecule has 1 aliphatic heterocycles. The molecule has 0 bridgehead atoms. The van der Waals surface area contributed by atoms with E-state index in [9.17, 15) is 9.59 Å². The van der Waals surface area contributed by atoms with Gasteiger partial charge in [0.2, 0.25) is 0 Å². The first kappa shape index (κ1) is 23.6. The van der Waals surface area contributed by atoms with Gasteiger partial charge in [0.05, 0.1) is 18.6 Å². The zero-order valence-electron chi connectivity index (χ0n) is 20.1. The van der Waals surface area contributed by atoms with Crippen LogP contribution >= 0.6 is 0 Å². The van der Waals surface area contributed by atoms with Gasteiger partial charge in [0, 0.05) is 29.0 Å². The van der Waals surface area contributed by atoms with Gasteiger partial charge in [-0.15, -0.1) is 0 Å². The maximum atomic E-state index is 13.4. The van der Waals surface area contributed by atoms with E-state index in [1.165, 1.54) is 0 Å². The SMILES string of the molecule is COc1ccccc1C1C(C(=O)OCCOc2ccccc2)=C(C)NC2=C1C(=O)CC(C)(C)C2. The van der Waals surface area contributed by atoms with E-state index in [-0.39, 0.29) is 24.4 Å². The van der Waals surface area contributed by atoms with Gasteiger partial charge in [-0.1, -0.05) is 50.2 Å². The molecule has 0 spiro atoms. The van der Waals surface area contributed by atoms with Crippen molar-refractivity contribution in [2.75, 3.05) is 20.3 Å². The highest BCUT2D eigenvalue weighted by molar-refractivity contribution is 6.04. The second-order valence-corrected chi connectivity index (χ2v) is 9.47. The minimum absolute atomic E-state index is 0.0415. The number of esters is 1. The molecule has 0 aromatic heterocycles. The Morgan fingerprint density at radius 1 is 1.03 bits per heavy atom. The van der Waals surface area contributed by atoms with E-state index in [4.69, 9.17) is 14.2 Å². The van der Waals surface area contributed by atoms with E-state index in [1.807, 2.05) is 61.5 Å². The number of benzene rings is 2. The Morgan fingerprint density at radius 2 is 1.74 bits per heavy atom. The van der Waals surface area contributed by atoms with E-state index in [2.05, 4.69) is 19.2 Å². The first-order valence-corrected chi connectivity index (χ1v) is 11.5. The number of hydrogen-bond donors (Lipinski definition) is 1. The fourth-order valence-electron chi connectivity index (χ4n) is 4.81. The van der Waals surface area contributed by atoms with Crippen LogP contribution in [0.3, 0.4) is 0 Å².